The highest BCUT2D eigenvalue weighted by molar-refractivity contribution is 7.99. The molecule has 0 spiro atoms. The molecule has 0 aromatic heterocycles. The Hall–Kier alpha value is -3.23. The second-order valence-electron chi connectivity index (χ2n) is 7.22. The molecule has 0 bridgehead atoms. The van der Waals surface area contributed by atoms with Crippen molar-refractivity contribution in [1.29, 1.82) is 0 Å². The molecule has 0 atom stereocenters. The predicted molar refractivity (Wildman–Crippen MR) is 130 cm³/mol. The quantitative estimate of drug-likeness (QED) is 0.319. The normalized spacial score (nSPS) is 11.8. The van der Waals surface area contributed by atoms with Gasteiger partial charge in [0.15, 0.2) is 6.61 Å². The molecule has 3 aromatic rings. The lowest BCUT2D eigenvalue weighted by Gasteiger charge is -2.11. The number of ether oxygens (including phenoxy) is 1. The molecule has 0 heterocycles. The predicted octanol–water partition coefficient (Wildman–Crippen LogP) is 5.02. The molecule has 0 aliphatic carbocycles. The molecule has 0 saturated heterocycles. The minimum atomic E-state index is -3.58. The Morgan fingerprint density at radius 3 is 2.21 bits per heavy atom. The first-order valence-corrected chi connectivity index (χ1v) is 12.8. The van der Waals surface area contributed by atoms with Crippen molar-refractivity contribution in [1.82, 2.24) is 0 Å². The third-order valence-corrected chi connectivity index (χ3v) is 6.13. The van der Waals surface area contributed by atoms with E-state index < -0.39 is 16.1 Å². The monoisotopic (exact) mass is 484 g/mol. The van der Waals surface area contributed by atoms with Crippen LogP contribution in [-0.4, -0.2) is 38.1 Å². The number of rotatable bonds is 10. The summed E-state index contributed by atoms with van der Waals surface area (Å²) in [6.45, 7) is 1.58. The van der Waals surface area contributed by atoms with Gasteiger partial charge < -0.3 is 14.0 Å². The van der Waals surface area contributed by atoms with Crippen molar-refractivity contribution in [2.24, 2.45) is 0 Å². The maximum absolute atomic E-state index is 11.4. The van der Waals surface area contributed by atoms with Gasteiger partial charge in [-0.05, 0) is 59.5 Å². The van der Waals surface area contributed by atoms with E-state index in [0.717, 1.165) is 33.4 Å². The highest BCUT2D eigenvalue weighted by Gasteiger charge is 2.09. The van der Waals surface area contributed by atoms with Gasteiger partial charge in [0.2, 0.25) is 0 Å². The Morgan fingerprint density at radius 2 is 1.61 bits per heavy atom. The van der Waals surface area contributed by atoms with Crippen molar-refractivity contribution in [2.75, 3.05) is 18.6 Å². The number of aliphatic carboxylic acids is 1. The van der Waals surface area contributed by atoms with Gasteiger partial charge in [-0.15, -0.1) is 11.8 Å². The van der Waals surface area contributed by atoms with Crippen LogP contribution in [0.5, 0.6) is 11.5 Å². The lowest BCUT2D eigenvalue weighted by atomic mass is 9.98. The van der Waals surface area contributed by atoms with Crippen LogP contribution in [0.15, 0.2) is 83.8 Å². The fourth-order valence-corrected chi connectivity index (χ4v) is 4.46. The van der Waals surface area contributed by atoms with Crippen LogP contribution < -0.4 is 8.92 Å². The van der Waals surface area contributed by atoms with E-state index in [1.165, 1.54) is 0 Å². The van der Waals surface area contributed by atoms with E-state index in [1.54, 1.807) is 30.0 Å². The van der Waals surface area contributed by atoms with Gasteiger partial charge in [0.05, 0.1) is 6.26 Å². The van der Waals surface area contributed by atoms with Crippen molar-refractivity contribution >= 4 is 33.4 Å². The highest BCUT2D eigenvalue weighted by atomic mass is 32.2. The van der Waals surface area contributed by atoms with Crippen molar-refractivity contribution in [3.63, 3.8) is 0 Å². The number of hydrogen-bond donors (Lipinski definition) is 1. The topological polar surface area (TPSA) is 89.9 Å². The van der Waals surface area contributed by atoms with Crippen molar-refractivity contribution in [3.8, 4) is 11.5 Å². The maximum atomic E-state index is 11.4. The molecule has 0 aliphatic heterocycles. The van der Waals surface area contributed by atoms with Crippen LogP contribution in [0.2, 0.25) is 0 Å². The molecule has 3 rings (SSSR count). The number of benzene rings is 3. The van der Waals surface area contributed by atoms with Crippen LogP contribution in [0.1, 0.15) is 16.7 Å². The summed E-state index contributed by atoms with van der Waals surface area (Å²) < 4.78 is 32.9. The summed E-state index contributed by atoms with van der Waals surface area (Å²) in [6, 6.07) is 22.4. The van der Waals surface area contributed by atoms with E-state index in [-0.39, 0.29) is 12.4 Å². The first-order valence-electron chi connectivity index (χ1n) is 10.0. The van der Waals surface area contributed by atoms with E-state index in [1.807, 2.05) is 61.5 Å². The van der Waals surface area contributed by atoms with Crippen molar-refractivity contribution in [2.45, 2.75) is 11.8 Å². The van der Waals surface area contributed by atoms with Crippen LogP contribution in [-0.2, 0) is 14.9 Å². The van der Waals surface area contributed by atoms with Gasteiger partial charge in [0.1, 0.15) is 11.5 Å². The molecular weight excluding hydrogens is 460 g/mol. The third-order valence-electron chi connectivity index (χ3n) is 4.53. The molecule has 0 amide bonds. The standard InChI is InChI=1S/C25H24O6S2/c1-18-16-22(30-17-25(26)27)12-13-24(18)32-15-14-23(19-6-4-3-5-7-19)20-8-10-21(11-9-20)31-33(2,28)29/h3-14,16H,15,17H2,1-2H3,(H,26,27)/b23-14-. The summed E-state index contributed by atoms with van der Waals surface area (Å²) >= 11 is 1.66. The lowest BCUT2D eigenvalue weighted by Crippen LogP contribution is -2.09. The van der Waals surface area contributed by atoms with Gasteiger partial charge in [0, 0.05) is 10.6 Å². The van der Waals surface area contributed by atoms with E-state index in [0.29, 0.717) is 11.5 Å². The Labute approximate surface area is 198 Å². The summed E-state index contributed by atoms with van der Waals surface area (Å²) in [5.74, 6) is 0.475. The van der Waals surface area contributed by atoms with Gasteiger partial charge in [-0.1, -0.05) is 48.5 Å². The zero-order valence-corrected chi connectivity index (χ0v) is 19.9. The molecule has 0 unspecified atom stereocenters. The second-order valence-corrected chi connectivity index (χ2v) is 9.85. The Balaban J connectivity index is 1.78. The fourth-order valence-electron chi connectivity index (χ4n) is 3.12. The largest absolute Gasteiger partial charge is 0.482 e. The van der Waals surface area contributed by atoms with Crippen LogP contribution in [0.25, 0.3) is 5.57 Å². The zero-order chi connectivity index (χ0) is 23.8. The first kappa shape index (κ1) is 24.4. The van der Waals surface area contributed by atoms with Crippen LogP contribution in [0.4, 0.5) is 0 Å². The first-order chi connectivity index (χ1) is 15.7. The molecular formula is C25H24O6S2. The molecule has 6 nitrogen and oxygen atoms in total. The molecule has 1 N–H and O–H groups in total. The number of thioether (sulfide) groups is 1. The van der Waals surface area contributed by atoms with Crippen LogP contribution >= 0.6 is 11.8 Å². The Morgan fingerprint density at radius 1 is 0.970 bits per heavy atom. The number of hydrogen-bond acceptors (Lipinski definition) is 6. The van der Waals surface area contributed by atoms with Crippen LogP contribution in [0.3, 0.4) is 0 Å². The Bertz CT molecular complexity index is 1230. The van der Waals surface area contributed by atoms with E-state index in [9.17, 15) is 13.2 Å². The Kier molecular flexibility index (Phi) is 8.19. The fraction of sp³-hybridized carbons (Fsp3) is 0.160. The minimum absolute atomic E-state index is 0.267. The van der Waals surface area contributed by atoms with Gasteiger partial charge in [-0.25, -0.2) is 4.79 Å². The van der Waals surface area contributed by atoms with Crippen LogP contribution in [0, 0.1) is 6.92 Å². The van der Waals surface area contributed by atoms with Gasteiger partial charge >= 0.3 is 16.1 Å². The molecule has 172 valence electrons. The maximum Gasteiger partial charge on any atom is 0.341 e. The van der Waals surface area contributed by atoms with Gasteiger partial charge in [0.25, 0.3) is 0 Å². The summed E-state index contributed by atoms with van der Waals surface area (Å²) in [6.07, 6.45) is 3.14. The average molecular weight is 485 g/mol. The number of aryl methyl sites for hydroxylation is 1. The van der Waals surface area contributed by atoms with E-state index in [4.69, 9.17) is 14.0 Å². The minimum Gasteiger partial charge on any atom is -0.482 e. The average Bonchev–Trinajstić information content (AvgIpc) is 2.77. The SMILES string of the molecule is Cc1cc(OCC(=O)O)ccc1SC/C=C(/c1ccccc1)c1ccc(OS(C)(=O)=O)cc1. The summed E-state index contributed by atoms with van der Waals surface area (Å²) in [5.41, 5.74) is 4.01. The molecule has 0 saturated carbocycles. The second kappa shape index (κ2) is 11.1. The molecule has 0 radical (unpaired) electrons. The van der Waals surface area contributed by atoms with Crippen molar-refractivity contribution < 1.29 is 27.2 Å². The number of carboxylic acids is 1. The zero-order valence-electron chi connectivity index (χ0n) is 18.2. The summed E-state index contributed by atoms with van der Waals surface area (Å²) in [5, 5.41) is 8.75. The van der Waals surface area contributed by atoms with Gasteiger partial charge in [-0.3, -0.25) is 0 Å². The van der Waals surface area contributed by atoms with Gasteiger partial charge in [-0.2, -0.15) is 8.42 Å². The van der Waals surface area contributed by atoms with Crippen molar-refractivity contribution in [3.05, 3.63) is 95.6 Å². The smallest absolute Gasteiger partial charge is 0.341 e. The number of carbonyl (C=O) groups is 1. The van der Waals surface area contributed by atoms with E-state index >= 15 is 0 Å². The summed E-state index contributed by atoms with van der Waals surface area (Å²) in [4.78, 5) is 11.7. The summed E-state index contributed by atoms with van der Waals surface area (Å²) in [7, 11) is -3.58. The molecule has 8 heteroatoms. The lowest BCUT2D eigenvalue weighted by molar-refractivity contribution is -0.139. The molecule has 0 fully saturated rings. The molecule has 3 aromatic carbocycles. The third kappa shape index (κ3) is 7.69. The molecule has 33 heavy (non-hydrogen) atoms. The number of carboxylic acid groups (broad SMARTS) is 1. The van der Waals surface area contributed by atoms with E-state index in [2.05, 4.69) is 6.08 Å². The highest BCUT2D eigenvalue weighted by Crippen LogP contribution is 2.30. The molecule has 0 aliphatic rings.